The fraction of sp³-hybridized carbons (Fsp3) is 0.926. The van der Waals surface area contributed by atoms with Gasteiger partial charge >= 0.3 is 11.9 Å². The molecular weight excluding hydrogens is 388 g/mol. The highest BCUT2D eigenvalue weighted by atomic mass is 16.5. The Morgan fingerprint density at radius 3 is 1.48 bits per heavy atom. The molecule has 0 heterocycles. The SMILES string of the molecule is CCCCCCCCCCC(CCCCCCCC)OC(=O)C1CCC(C(=O)O)CC1. The molecule has 1 aliphatic rings. The van der Waals surface area contributed by atoms with Crippen molar-refractivity contribution in [3.63, 3.8) is 0 Å². The normalized spacial score (nSPS) is 19.8. The van der Waals surface area contributed by atoms with Gasteiger partial charge in [0, 0.05) is 0 Å². The van der Waals surface area contributed by atoms with Crippen LogP contribution in [-0.2, 0) is 14.3 Å². The van der Waals surface area contributed by atoms with Crippen LogP contribution >= 0.6 is 0 Å². The third-order valence-corrected chi connectivity index (χ3v) is 6.95. The third-order valence-electron chi connectivity index (χ3n) is 6.95. The average Bonchev–Trinajstić information content (AvgIpc) is 2.77. The molecule has 0 amide bonds. The zero-order valence-corrected chi connectivity index (χ0v) is 20.5. The lowest BCUT2D eigenvalue weighted by Gasteiger charge is -2.27. The minimum absolute atomic E-state index is 0.0518. The summed E-state index contributed by atoms with van der Waals surface area (Å²) in [5.74, 6) is -1.16. The number of hydrogen-bond acceptors (Lipinski definition) is 3. The molecule has 4 heteroatoms. The first-order valence-electron chi connectivity index (χ1n) is 13.5. The molecule has 1 unspecified atom stereocenters. The second-order valence-corrected chi connectivity index (χ2v) is 9.77. The largest absolute Gasteiger partial charge is 0.481 e. The van der Waals surface area contributed by atoms with E-state index in [1.165, 1.54) is 77.0 Å². The highest BCUT2D eigenvalue weighted by Gasteiger charge is 2.31. The van der Waals surface area contributed by atoms with Crippen molar-refractivity contribution in [3.05, 3.63) is 0 Å². The molecule has 0 aliphatic heterocycles. The van der Waals surface area contributed by atoms with Gasteiger partial charge in [0.1, 0.15) is 6.10 Å². The van der Waals surface area contributed by atoms with Gasteiger partial charge in [-0.05, 0) is 51.4 Å². The van der Waals surface area contributed by atoms with Crippen LogP contribution in [0.15, 0.2) is 0 Å². The van der Waals surface area contributed by atoms with E-state index in [9.17, 15) is 9.59 Å². The third kappa shape index (κ3) is 13.9. The molecule has 31 heavy (non-hydrogen) atoms. The number of carbonyl (C=O) groups is 2. The van der Waals surface area contributed by atoms with Crippen LogP contribution in [0.1, 0.15) is 142 Å². The van der Waals surface area contributed by atoms with Gasteiger partial charge < -0.3 is 9.84 Å². The fourth-order valence-corrected chi connectivity index (χ4v) is 4.76. The number of unbranched alkanes of at least 4 members (excludes halogenated alkanes) is 12. The van der Waals surface area contributed by atoms with Crippen LogP contribution in [0.25, 0.3) is 0 Å². The number of carboxylic acids is 1. The second kappa shape index (κ2) is 18.5. The standard InChI is InChI=1S/C27H50O4/c1-3-5-7-9-11-12-14-16-18-25(17-15-13-10-8-6-4-2)31-27(30)24-21-19-23(20-22-24)26(28)29/h23-25H,3-22H2,1-2H3,(H,28,29). The van der Waals surface area contributed by atoms with Gasteiger partial charge in [-0.3, -0.25) is 9.59 Å². The molecule has 1 fully saturated rings. The maximum Gasteiger partial charge on any atom is 0.309 e. The minimum Gasteiger partial charge on any atom is -0.481 e. The van der Waals surface area contributed by atoms with Gasteiger partial charge in [-0.15, -0.1) is 0 Å². The summed E-state index contributed by atoms with van der Waals surface area (Å²) in [6.45, 7) is 4.49. The molecule has 0 spiro atoms. The molecule has 0 aromatic rings. The Hall–Kier alpha value is -1.06. The van der Waals surface area contributed by atoms with Crippen LogP contribution in [0.3, 0.4) is 0 Å². The first-order valence-corrected chi connectivity index (χ1v) is 13.5. The molecule has 1 rings (SSSR count). The number of carboxylic acid groups (broad SMARTS) is 1. The topological polar surface area (TPSA) is 63.6 Å². The molecule has 0 bridgehead atoms. The number of aliphatic carboxylic acids is 1. The van der Waals surface area contributed by atoms with Crippen molar-refractivity contribution in [3.8, 4) is 0 Å². The Labute approximate surface area is 191 Å². The molecule has 1 N–H and O–H groups in total. The van der Waals surface area contributed by atoms with E-state index in [0.29, 0.717) is 25.7 Å². The lowest BCUT2D eigenvalue weighted by atomic mass is 9.82. The van der Waals surface area contributed by atoms with Crippen LogP contribution in [0, 0.1) is 11.8 Å². The molecule has 1 atom stereocenters. The lowest BCUT2D eigenvalue weighted by molar-refractivity contribution is -0.158. The van der Waals surface area contributed by atoms with Crippen LogP contribution in [0.4, 0.5) is 0 Å². The van der Waals surface area contributed by atoms with Crippen molar-refractivity contribution in [2.75, 3.05) is 0 Å². The van der Waals surface area contributed by atoms with E-state index in [0.717, 1.165) is 25.7 Å². The molecular formula is C27H50O4. The molecule has 0 aromatic heterocycles. The van der Waals surface area contributed by atoms with E-state index in [1.807, 2.05) is 0 Å². The molecule has 1 aliphatic carbocycles. The number of rotatable bonds is 19. The molecule has 182 valence electrons. The van der Waals surface area contributed by atoms with E-state index in [4.69, 9.17) is 9.84 Å². The maximum atomic E-state index is 12.7. The van der Waals surface area contributed by atoms with Crippen molar-refractivity contribution < 1.29 is 19.4 Å². The van der Waals surface area contributed by atoms with Crippen molar-refractivity contribution in [1.29, 1.82) is 0 Å². The number of hydrogen-bond donors (Lipinski definition) is 1. The smallest absolute Gasteiger partial charge is 0.309 e. The molecule has 0 radical (unpaired) electrons. The summed E-state index contributed by atoms with van der Waals surface area (Å²) in [4.78, 5) is 23.9. The molecule has 1 saturated carbocycles. The Balaban J connectivity index is 2.33. The predicted octanol–water partition coefficient (Wildman–Crippen LogP) is 8.07. The second-order valence-electron chi connectivity index (χ2n) is 9.77. The lowest BCUT2D eigenvalue weighted by Crippen LogP contribution is -2.29. The van der Waals surface area contributed by atoms with E-state index < -0.39 is 5.97 Å². The van der Waals surface area contributed by atoms with E-state index >= 15 is 0 Å². The molecule has 4 nitrogen and oxygen atoms in total. The fourth-order valence-electron chi connectivity index (χ4n) is 4.76. The average molecular weight is 439 g/mol. The van der Waals surface area contributed by atoms with Gasteiger partial charge in [-0.1, -0.05) is 90.9 Å². The maximum absolute atomic E-state index is 12.7. The molecule has 0 saturated heterocycles. The number of ether oxygens (including phenoxy) is 1. The molecule has 0 aromatic carbocycles. The van der Waals surface area contributed by atoms with E-state index in [-0.39, 0.29) is 23.9 Å². The van der Waals surface area contributed by atoms with Gasteiger partial charge in [0.25, 0.3) is 0 Å². The summed E-state index contributed by atoms with van der Waals surface area (Å²) in [5.41, 5.74) is 0. The first kappa shape index (κ1) is 28.0. The quantitative estimate of drug-likeness (QED) is 0.163. The van der Waals surface area contributed by atoms with Crippen molar-refractivity contribution in [1.82, 2.24) is 0 Å². The van der Waals surface area contributed by atoms with E-state index in [2.05, 4.69) is 13.8 Å². The minimum atomic E-state index is -0.720. The highest BCUT2D eigenvalue weighted by Crippen LogP contribution is 2.30. The Bertz CT molecular complexity index is 454. The Kier molecular flexibility index (Phi) is 16.7. The van der Waals surface area contributed by atoms with E-state index in [1.54, 1.807) is 0 Å². The van der Waals surface area contributed by atoms with Gasteiger partial charge in [0.15, 0.2) is 0 Å². The van der Waals surface area contributed by atoms with Crippen molar-refractivity contribution >= 4 is 11.9 Å². The Morgan fingerprint density at radius 2 is 1.06 bits per heavy atom. The highest BCUT2D eigenvalue weighted by molar-refractivity contribution is 5.74. The number of esters is 1. The van der Waals surface area contributed by atoms with Crippen LogP contribution in [-0.4, -0.2) is 23.1 Å². The first-order chi connectivity index (χ1) is 15.1. The van der Waals surface area contributed by atoms with Gasteiger partial charge in [0.2, 0.25) is 0 Å². The zero-order chi connectivity index (χ0) is 22.7. The monoisotopic (exact) mass is 438 g/mol. The van der Waals surface area contributed by atoms with Gasteiger partial charge in [0.05, 0.1) is 11.8 Å². The van der Waals surface area contributed by atoms with Gasteiger partial charge in [-0.25, -0.2) is 0 Å². The number of carbonyl (C=O) groups excluding carboxylic acids is 1. The van der Waals surface area contributed by atoms with Crippen LogP contribution in [0.5, 0.6) is 0 Å². The Morgan fingerprint density at radius 1 is 0.677 bits per heavy atom. The predicted molar refractivity (Wildman–Crippen MR) is 128 cm³/mol. The summed E-state index contributed by atoms with van der Waals surface area (Å²) in [6, 6.07) is 0. The summed E-state index contributed by atoms with van der Waals surface area (Å²) in [6.07, 6.45) is 22.5. The van der Waals surface area contributed by atoms with Crippen LogP contribution in [0.2, 0.25) is 0 Å². The summed E-state index contributed by atoms with van der Waals surface area (Å²) in [5, 5.41) is 9.17. The van der Waals surface area contributed by atoms with Crippen molar-refractivity contribution in [2.24, 2.45) is 11.8 Å². The van der Waals surface area contributed by atoms with Crippen LogP contribution < -0.4 is 0 Å². The van der Waals surface area contributed by atoms with Crippen molar-refractivity contribution in [2.45, 2.75) is 148 Å². The summed E-state index contributed by atoms with van der Waals surface area (Å²) >= 11 is 0. The summed E-state index contributed by atoms with van der Waals surface area (Å²) in [7, 11) is 0. The zero-order valence-electron chi connectivity index (χ0n) is 20.5. The summed E-state index contributed by atoms with van der Waals surface area (Å²) < 4.78 is 5.99. The van der Waals surface area contributed by atoms with Gasteiger partial charge in [-0.2, -0.15) is 0 Å².